The van der Waals surface area contributed by atoms with Gasteiger partial charge >= 0.3 is 0 Å². The molecule has 5 nitrogen and oxygen atoms in total. The fourth-order valence-corrected chi connectivity index (χ4v) is 2.17. The molecule has 1 aliphatic heterocycles. The highest BCUT2D eigenvalue weighted by atomic mass is 16.5. The number of nitrogens with zero attached hydrogens (tertiary/aromatic N) is 4. The number of ether oxygens (including phenoxy) is 1. The maximum absolute atomic E-state index is 9.10. The van der Waals surface area contributed by atoms with Gasteiger partial charge in [-0.1, -0.05) is 0 Å². The van der Waals surface area contributed by atoms with Crippen LogP contribution in [0.1, 0.15) is 5.56 Å². The zero-order valence-electron chi connectivity index (χ0n) is 10.8. The molecule has 0 bridgehead atoms. The van der Waals surface area contributed by atoms with Gasteiger partial charge in [-0.3, -0.25) is 0 Å². The topological polar surface area (TPSA) is 52.4 Å². The molecule has 18 heavy (non-hydrogen) atoms. The molecule has 1 unspecified atom stereocenters. The minimum Gasteiger partial charge on any atom is -0.373 e. The molecular formula is C13H18N4O. The molecule has 96 valence electrons. The number of aromatic nitrogens is 1. The molecule has 1 atom stereocenters. The van der Waals surface area contributed by atoms with Crippen molar-refractivity contribution < 1.29 is 4.74 Å². The van der Waals surface area contributed by atoms with E-state index in [0.29, 0.717) is 12.2 Å². The average molecular weight is 246 g/mol. The van der Waals surface area contributed by atoms with Crippen molar-refractivity contribution in [2.45, 2.75) is 6.10 Å². The summed E-state index contributed by atoms with van der Waals surface area (Å²) in [5.74, 6) is 0.770. The number of hydrogen-bond donors (Lipinski definition) is 0. The molecule has 1 aromatic heterocycles. The molecule has 1 fully saturated rings. The van der Waals surface area contributed by atoms with Gasteiger partial charge in [0.2, 0.25) is 0 Å². The van der Waals surface area contributed by atoms with Crippen LogP contribution in [0, 0.1) is 11.3 Å². The van der Waals surface area contributed by atoms with E-state index in [1.54, 1.807) is 18.3 Å². The van der Waals surface area contributed by atoms with Crippen molar-refractivity contribution in [2.24, 2.45) is 0 Å². The summed E-state index contributed by atoms with van der Waals surface area (Å²) in [5.41, 5.74) is 0.628. The minimum absolute atomic E-state index is 0.169. The lowest BCUT2D eigenvalue weighted by Crippen LogP contribution is -2.47. The quantitative estimate of drug-likeness (QED) is 0.786. The van der Waals surface area contributed by atoms with Crippen LogP contribution < -0.4 is 4.90 Å². The second-order valence-corrected chi connectivity index (χ2v) is 4.69. The molecule has 2 rings (SSSR count). The Morgan fingerprint density at radius 2 is 2.44 bits per heavy atom. The van der Waals surface area contributed by atoms with Gasteiger partial charge in [-0.25, -0.2) is 4.98 Å². The standard InChI is InChI=1S/C13H18N4O/c1-16(2)9-12-10-17(6-7-18-12)13-11(8-14)4-3-5-15-13/h3-5,12H,6-7,9-10H2,1-2H3. The van der Waals surface area contributed by atoms with E-state index in [4.69, 9.17) is 10.00 Å². The third-order valence-electron chi connectivity index (χ3n) is 2.91. The Hall–Kier alpha value is -1.64. The average Bonchev–Trinajstić information content (AvgIpc) is 2.38. The molecule has 0 amide bonds. The molecule has 1 saturated heterocycles. The van der Waals surface area contributed by atoms with Crippen LogP contribution in [0.3, 0.4) is 0 Å². The van der Waals surface area contributed by atoms with Gasteiger partial charge in [-0.15, -0.1) is 0 Å². The van der Waals surface area contributed by atoms with Gasteiger partial charge in [0.15, 0.2) is 0 Å². The summed E-state index contributed by atoms with van der Waals surface area (Å²) in [6, 6.07) is 5.79. The molecule has 0 aromatic carbocycles. The Morgan fingerprint density at radius 3 is 3.17 bits per heavy atom. The Balaban J connectivity index is 2.11. The van der Waals surface area contributed by atoms with E-state index >= 15 is 0 Å². The van der Waals surface area contributed by atoms with Crippen molar-refractivity contribution in [1.82, 2.24) is 9.88 Å². The fraction of sp³-hybridized carbons (Fsp3) is 0.538. The first-order valence-electron chi connectivity index (χ1n) is 6.07. The first kappa shape index (κ1) is 12.8. The summed E-state index contributed by atoms with van der Waals surface area (Å²) in [7, 11) is 4.06. The van der Waals surface area contributed by atoms with E-state index in [0.717, 1.165) is 25.5 Å². The van der Waals surface area contributed by atoms with Crippen molar-refractivity contribution >= 4 is 5.82 Å². The first-order chi connectivity index (χ1) is 8.70. The monoisotopic (exact) mass is 246 g/mol. The number of likely N-dealkylation sites (N-methyl/N-ethyl adjacent to an activating group) is 1. The predicted octanol–water partition coefficient (Wildman–Crippen LogP) is 0.720. The first-order valence-corrected chi connectivity index (χ1v) is 6.07. The van der Waals surface area contributed by atoms with Crippen molar-refractivity contribution in [2.75, 3.05) is 45.2 Å². The fourth-order valence-electron chi connectivity index (χ4n) is 2.17. The van der Waals surface area contributed by atoms with E-state index in [2.05, 4.69) is 20.9 Å². The molecule has 1 aliphatic rings. The number of rotatable bonds is 3. The van der Waals surface area contributed by atoms with Gasteiger partial charge in [-0.05, 0) is 26.2 Å². The van der Waals surface area contributed by atoms with Crippen LogP contribution in [-0.4, -0.2) is 56.3 Å². The summed E-state index contributed by atoms with van der Waals surface area (Å²) >= 11 is 0. The van der Waals surface area contributed by atoms with E-state index in [-0.39, 0.29) is 6.10 Å². The normalized spacial score (nSPS) is 19.9. The lowest BCUT2D eigenvalue weighted by molar-refractivity contribution is 0.0245. The SMILES string of the molecule is CN(C)CC1CN(c2ncccc2C#N)CCO1. The molecule has 0 saturated carbocycles. The minimum atomic E-state index is 0.169. The number of nitriles is 1. The van der Waals surface area contributed by atoms with Crippen molar-refractivity contribution in [1.29, 1.82) is 5.26 Å². The Kier molecular flexibility index (Phi) is 4.13. The number of anilines is 1. The molecule has 0 radical (unpaired) electrons. The highest BCUT2D eigenvalue weighted by Gasteiger charge is 2.23. The van der Waals surface area contributed by atoms with Crippen LogP contribution in [0.15, 0.2) is 18.3 Å². The van der Waals surface area contributed by atoms with Gasteiger partial charge in [-0.2, -0.15) is 5.26 Å². The zero-order valence-corrected chi connectivity index (χ0v) is 10.8. The summed E-state index contributed by atoms with van der Waals surface area (Å²) in [4.78, 5) is 8.57. The van der Waals surface area contributed by atoms with E-state index in [9.17, 15) is 0 Å². The number of hydrogen-bond acceptors (Lipinski definition) is 5. The smallest absolute Gasteiger partial charge is 0.146 e. The van der Waals surface area contributed by atoms with Crippen LogP contribution in [0.5, 0.6) is 0 Å². The second kappa shape index (κ2) is 5.80. The third kappa shape index (κ3) is 2.97. The van der Waals surface area contributed by atoms with Gasteiger partial charge in [0.1, 0.15) is 11.9 Å². The largest absolute Gasteiger partial charge is 0.373 e. The predicted molar refractivity (Wildman–Crippen MR) is 69.5 cm³/mol. The second-order valence-electron chi connectivity index (χ2n) is 4.69. The Bertz CT molecular complexity index is 441. The maximum Gasteiger partial charge on any atom is 0.146 e. The molecule has 1 aromatic rings. The summed E-state index contributed by atoms with van der Waals surface area (Å²) < 4.78 is 5.72. The molecule has 0 aliphatic carbocycles. The molecule has 0 N–H and O–H groups in total. The van der Waals surface area contributed by atoms with Gasteiger partial charge in [0.25, 0.3) is 0 Å². The molecule has 5 heteroatoms. The lowest BCUT2D eigenvalue weighted by Gasteiger charge is -2.35. The van der Waals surface area contributed by atoms with E-state index < -0.39 is 0 Å². The van der Waals surface area contributed by atoms with Crippen LogP contribution in [-0.2, 0) is 4.74 Å². The number of pyridine rings is 1. The van der Waals surface area contributed by atoms with Crippen LogP contribution >= 0.6 is 0 Å². The highest BCUT2D eigenvalue weighted by molar-refractivity contribution is 5.53. The molecule has 0 spiro atoms. The summed E-state index contributed by atoms with van der Waals surface area (Å²) in [5, 5.41) is 9.10. The number of morpholine rings is 1. The van der Waals surface area contributed by atoms with Gasteiger partial charge < -0.3 is 14.5 Å². The molecule has 2 heterocycles. The van der Waals surface area contributed by atoms with E-state index in [1.807, 2.05) is 14.1 Å². The van der Waals surface area contributed by atoms with Crippen molar-refractivity contribution in [3.8, 4) is 6.07 Å². The summed E-state index contributed by atoms with van der Waals surface area (Å²) in [6.45, 7) is 3.13. The van der Waals surface area contributed by atoms with Crippen LogP contribution in [0.2, 0.25) is 0 Å². The Morgan fingerprint density at radius 1 is 1.61 bits per heavy atom. The van der Waals surface area contributed by atoms with E-state index in [1.165, 1.54) is 0 Å². The highest BCUT2D eigenvalue weighted by Crippen LogP contribution is 2.19. The van der Waals surface area contributed by atoms with Crippen LogP contribution in [0.4, 0.5) is 5.82 Å². The maximum atomic E-state index is 9.10. The van der Waals surface area contributed by atoms with Crippen molar-refractivity contribution in [3.05, 3.63) is 23.9 Å². The lowest BCUT2D eigenvalue weighted by atomic mass is 10.2. The molecular weight excluding hydrogens is 228 g/mol. The van der Waals surface area contributed by atoms with Crippen LogP contribution in [0.25, 0.3) is 0 Å². The zero-order chi connectivity index (χ0) is 13.0. The van der Waals surface area contributed by atoms with Gasteiger partial charge in [0.05, 0.1) is 18.3 Å². The third-order valence-corrected chi connectivity index (χ3v) is 2.91. The Labute approximate surface area is 108 Å². The summed E-state index contributed by atoms with van der Waals surface area (Å²) in [6.07, 6.45) is 1.90. The van der Waals surface area contributed by atoms with Gasteiger partial charge in [0, 0.05) is 25.8 Å². The van der Waals surface area contributed by atoms with Crippen molar-refractivity contribution in [3.63, 3.8) is 0 Å².